The molecule has 29 heavy (non-hydrogen) atoms. The van der Waals surface area contributed by atoms with Crippen LogP contribution in [0.2, 0.25) is 0 Å². The van der Waals surface area contributed by atoms with E-state index in [2.05, 4.69) is 38.0 Å². The van der Waals surface area contributed by atoms with Crippen molar-refractivity contribution >= 4 is 5.91 Å². The van der Waals surface area contributed by atoms with Crippen molar-refractivity contribution in [1.82, 2.24) is 10.6 Å². The molecule has 0 fully saturated rings. The van der Waals surface area contributed by atoms with E-state index in [9.17, 15) is 18.7 Å². The van der Waals surface area contributed by atoms with Crippen molar-refractivity contribution in [3.8, 4) is 0 Å². The van der Waals surface area contributed by atoms with E-state index in [1.165, 1.54) is 19.1 Å². The first kappa shape index (κ1) is 25.0. The molecule has 0 saturated carbocycles. The van der Waals surface area contributed by atoms with Crippen LogP contribution in [0.5, 0.6) is 0 Å². The van der Waals surface area contributed by atoms with Gasteiger partial charge >= 0.3 is 0 Å². The first-order valence-corrected chi connectivity index (χ1v) is 9.81. The Balaban J connectivity index is 2.65. The number of rotatable bonds is 10. The van der Waals surface area contributed by atoms with Crippen LogP contribution in [-0.2, 0) is 11.2 Å². The molecule has 4 nitrogen and oxygen atoms in total. The molecule has 0 aliphatic carbocycles. The van der Waals surface area contributed by atoms with Gasteiger partial charge in [-0.05, 0) is 42.9 Å². The third kappa shape index (κ3) is 10.9. The minimum absolute atomic E-state index is 0.119. The van der Waals surface area contributed by atoms with Crippen LogP contribution in [-0.4, -0.2) is 36.2 Å². The van der Waals surface area contributed by atoms with E-state index in [-0.39, 0.29) is 24.3 Å². The van der Waals surface area contributed by atoms with Crippen LogP contribution in [0.15, 0.2) is 42.0 Å². The summed E-state index contributed by atoms with van der Waals surface area (Å²) < 4.78 is 26.9. The second-order valence-corrected chi connectivity index (χ2v) is 8.87. The maximum atomic E-state index is 13.4. The summed E-state index contributed by atoms with van der Waals surface area (Å²) >= 11 is 0. The first-order valence-electron chi connectivity index (χ1n) is 9.81. The van der Waals surface area contributed by atoms with E-state index < -0.39 is 23.8 Å². The Hall–Kier alpha value is -2.05. The molecule has 0 radical (unpaired) electrons. The van der Waals surface area contributed by atoms with Crippen LogP contribution in [0.1, 0.15) is 46.6 Å². The zero-order chi connectivity index (χ0) is 22.2. The molecular formula is C23H34F2N2O2. The fourth-order valence-electron chi connectivity index (χ4n) is 3.22. The molecule has 0 spiro atoms. The number of benzene rings is 1. The zero-order valence-electron chi connectivity index (χ0n) is 18.1. The summed E-state index contributed by atoms with van der Waals surface area (Å²) in [6, 6.07) is 2.52. The van der Waals surface area contributed by atoms with Gasteiger partial charge in [0.2, 0.25) is 5.91 Å². The van der Waals surface area contributed by atoms with Gasteiger partial charge in [0, 0.05) is 26.1 Å². The summed E-state index contributed by atoms with van der Waals surface area (Å²) in [5, 5.41) is 16.3. The van der Waals surface area contributed by atoms with E-state index in [1.54, 1.807) is 0 Å². The highest BCUT2D eigenvalue weighted by molar-refractivity contribution is 5.73. The molecule has 0 unspecified atom stereocenters. The fraction of sp³-hybridized carbons (Fsp3) is 0.522. The Morgan fingerprint density at radius 1 is 1.21 bits per heavy atom. The smallest absolute Gasteiger partial charge is 0.217 e. The Morgan fingerprint density at radius 3 is 2.31 bits per heavy atom. The molecule has 0 aliphatic heterocycles. The maximum absolute atomic E-state index is 13.4. The predicted molar refractivity (Wildman–Crippen MR) is 114 cm³/mol. The number of amides is 1. The molecule has 0 saturated heterocycles. The van der Waals surface area contributed by atoms with Gasteiger partial charge in [-0.2, -0.15) is 0 Å². The lowest BCUT2D eigenvalue weighted by Crippen LogP contribution is -2.48. The Labute approximate surface area is 173 Å². The normalized spacial score (nSPS) is 14.4. The molecule has 0 aromatic heterocycles. The van der Waals surface area contributed by atoms with E-state index in [0.717, 1.165) is 23.6 Å². The summed E-state index contributed by atoms with van der Waals surface area (Å²) in [5.41, 5.74) is 2.66. The lowest BCUT2D eigenvalue weighted by molar-refractivity contribution is -0.120. The average molecular weight is 409 g/mol. The Morgan fingerprint density at radius 2 is 1.79 bits per heavy atom. The number of allylic oxidation sites excluding steroid dienone is 2. The second-order valence-electron chi connectivity index (χ2n) is 8.87. The number of carbonyl (C=O) groups is 1. The summed E-state index contributed by atoms with van der Waals surface area (Å²) in [7, 11) is 0. The van der Waals surface area contributed by atoms with E-state index in [0.29, 0.717) is 12.1 Å². The molecule has 0 aliphatic rings. The fourth-order valence-corrected chi connectivity index (χ4v) is 3.22. The number of aliphatic hydroxyl groups is 1. The molecule has 0 bridgehead atoms. The average Bonchev–Trinajstić information content (AvgIpc) is 2.50. The zero-order valence-corrected chi connectivity index (χ0v) is 18.1. The summed E-state index contributed by atoms with van der Waals surface area (Å²) in [6.45, 7) is 14.6. The second kappa shape index (κ2) is 11.2. The third-order valence-corrected chi connectivity index (χ3v) is 4.20. The minimum atomic E-state index is -0.921. The van der Waals surface area contributed by atoms with Gasteiger partial charge in [0.15, 0.2) is 0 Å². The number of nitrogens with one attached hydrogen (secondary N) is 2. The van der Waals surface area contributed by atoms with Gasteiger partial charge in [-0.25, -0.2) is 8.78 Å². The Bertz CT molecular complexity index is 719. The molecule has 1 aromatic rings. The van der Waals surface area contributed by atoms with Crippen LogP contribution in [0.3, 0.4) is 0 Å². The highest BCUT2D eigenvalue weighted by Crippen LogP contribution is 2.24. The number of carbonyl (C=O) groups excluding carboxylic acids is 1. The third-order valence-electron chi connectivity index (χ3n) is 4.20. The van der Waals surface area contributed by atoms with Gasteiger partial charge in [-0.1, -0.05) is 44.6 Å². The highest BCUT2D eigenvalue weighted by Gasteiger charge is 2.21. The number of halogens is 2. The SMILES string of the molecule is C=C(/C=C(\C)CNC[C@@H](O)[C@H](Cc1cc(F)cc(F)c1)NC(C)=O)CC(C)(C)C. The number of hydrogen-bond donors (Lipinski definition) is 3. The molecule has 162 valence electrons. The molecule has 6 heteroatoms. The highest BCUT2D eigenvalue weighted by atomic mass is 19.1. The minimum Gasteiger partial charge on any atom is -0.390 e. The summed E-state index contributed by atoms with van der Waals surface area (Å²) in [4.78, 5) is 11.5. The van der Waals surface area contributed by atoms with E-state index >= 15 is 0 Å². The standard InChI is InChI=1S/C23H34F2N2O2/c1-15(12-23(4,5)6)7-16(2)13-26-14-22(29)21(27-17(3)28)10-18-8-19(24)11-20(25)9-18/h7-9,11,21-22,26,29H,1,10,12-14H2,2-6H3,(H,27,28)/b16-7+/t21-,22+/m0/s1. The summed E-state index contributed by atoms with van der Waals surface area (Å²) in [5.74, 6) is -1.70. The van der Waals surface area contributed by atoms with Crippen molar-refractivity contribution in [1.29, 1.82) is 0 Å². The van der Waals surface area contributed by atoms with Crippen LogP contribution in [0.25, 0.3) is 0 Å². The molecule has 1 aromatic carbocycles. The van der Waals surface area contributed by atoms with Crippen LogP contribution in [0.4, 0.5) is 8.78 Å². The van der Waals surface area contributed by atoms with E-state index in [4.69, 9.17) is 0 Å². The van der Waals surface area contributed by atoms with Crippen LogP contribution in [0, 0.1) is 17.0 Å². The monoisotopic (exact) mass is 408 g/mol. The van der Waals surface area contributed by atoms with Crippen LogP contribution < -0.4 is 10.6 Å². The summed E-state index contributed by atoms with van der Waals surface area (Å²) in [6.07, 6.45) is 2.12. The molecule has 0 heterocycles. The van der Waals surface area contributed by atoms with Crippen molar-refractivity contribution in [2.75, 3.05) is 13.1 Å². The van der Waals surface area contributed by atoms with Gasteiger partial charge in [0.1, 0.15) is 11.6 Å². The van der Waals surface area contributed by atoms with Crippen molar-refractivity contribution < 1.29 is 18.7 Å². The molecule has 3 N–H and O–H groups in total. The molecular weight excluding hydrogens is 374 g/mol. The number of aliphatic hydroxyl groups excluding tert-OH is 1. The predicted octanol–water partition coefficient (Wildman–Crippen LogP) is 3.90. The van der Waals surface area contributed by atoms with Gasteiger partial charge in [0.25, 0.3) is 0 Å². The molecule has 1 rings (SSSR count). The number of hydrogen-bond acceptors (Lipinski definition) is 3. The van der Waals surface area contributed by atoms with Crippen molar-refractivity contribution in [3.63, 3.8) is 0 Å². The first-order chi connectivity index (χ1) is 13.4. The lowest BCUT2D eigenvalue weighted by atomic mass is 9.88. The largest absolute Gasteiger partial charge is 0.390 e. The van der Waals surface area contributed by atoms with Gasteiger partial charge in [0.05, 0.1) is 12.1 Å². The van der Waals surface area contributed by atoms with Crippen molar-refractivity contribution in [3.05, 3.63) is 59.2 Å². The topological polar surface area (TPSA) is 61.4 Å². The Kier molecular flexibility index (Phi) is 9.66. The van der Waals surface area contributed by atoms with Gasteiger partial charge < -0.3 is 15.7 Å². The lowest BCUT2D eigenvalue weighted by Gasteiger charge is -2.24. The van der Waals surface area contributed by atoms with Crippen LogP contribution >= 0.6 is 0 Å². The maximum Gasteiger partial charge on any atom is 0.217 e. The van der Waals surface area contributed by atoms with Crippen molar-refractivity contribution in [2.24, 2.45) is 5.41 Å². The molecule has 1 amide bonds. The van der Waals surface area contributed by atoms with Gasteiger partial charge in [-0.15, -0.1) is 0 Å². The van der Waals surface area contributed by atoms with Gasteiger partial charge in [-0.3, -0.25) is 4.79 Å². The quantitative estimate of drug-likeness (QED) is 0.515. The molecule has 2 atom stereocenters. The van der Waals surface area contributed by atoms with Crippen molar-refractivity contribution in [2.45, 2.75) is 59.6 Å². The van der Waals surface area contributed by atoms with E-state index in [1.807, 2.05) is 13.0 Å².